The van der Waals surface area contributed by atoms with Gasteiger partial charge in [0.15, 0.2) is 5.82 Å². The fraction of sp³-hybridized carbons (Fsp3) is 0.292. The maximum absolute atomic E-state index is 6.16. The number of aromatic amines is 1. The van der Waals surface area contributed by atoms with Crippen molar-refractivity contribution in [1.29, 1.82) is 0 Å². The molecule has 0 saturated carbocycles. The van der Waals surface area contributed by atoms with Crippen LogP contribution in [0.25, 0.3) is 16.5 Å². The summed E-state index contributed by atoms with van der Waals surface area (Å²) in [6.45, 7) is 4.18. The molecule has 1 atom stereocenters. The van der Waals surface area contributed by atoms with Crippen molar-refractivity contribution in [2.45, 2.75) is 13.0 Å². The van der Waals surface area contributed by atoms with Gasteiger partial charge in [0.25, 0.3) is 0 Å². The second-order valence-electron chi connectivity index (χ2n) is 8.21. The second-order valence-corrected chi connectivity index (χ2v) is 8.65. The SMILES string of the molecule is Nc1n[nH]c2cc(C3=CN(Cc4cccc(Cl)c4)CC=C3)cc(NCC3CCOC3)c12. The Labute approximate surface area is 186 Å². The summed E-state index contributed by atoms with van der Waals surface area (Å²) >= 11 is 6.16. The molecular weight excluding hydrogens is 410 g/mol. The highest BCUT2D eigenvalue weighted by Crippen LogP contribution is 2.33. The van der Waals surface area contributed by atoms with Gasteiger partial charge in [-0.25, -0.2) is 0 Å². The molecule has 0 radical (unpaired) electrons. The van der Waals surface area contributed by atoms with Gasteiger partial charge in [-0.3, -0.25) is 5.10 Å². The van der Waals surface area contributed by atoms with Gasteiger partial charge in [-0.1, -0.05) is 35.9 Å². The highest BCUT2D eigenvalue weighted by atomic mass is 35.5. The van der Waals surface area contributed by atoms with Crippen molar-refractivity contribution in [3.05, 3.63) is 70.9 Å². The van der Waals surface area contributed by atoms with Crippen LogP contribution in [-0.4, -0.2) is 41.4 Å². The van der Waals surface area contributed by atoms with Crippen LogP contribution < -0.4 is 11.1 Å². The van der Waals surface area contributed by atoms with E-state index in [4.69, 9.17) is 22.1 Å². The molecule has 4 N–H and O–H groups in total. The van der Waals surface area contributed by atoms with Crippen molar-refractivity contribution < 1.29 is 4.74 Å². The summed E-state index contributed by atoms with van der Waals surface area (Å²) in [5, 5.41) is 12.6. The van der Waals surface area contributed by atoms with Crippen LogP contribution in [0.15, 0.2) is 54.8 Å². The lowest BCUT2D eigenvalue weighted by atomic mass is 10.0. The van der Waals surface area contributed by atoms with Crippen molar-refractivity contribution in [1.82, 2.24) is 15.1 Å². The average Bonchev–Trinajstić information content (AvgIpc) is 3.42. The number of anilines is 2. The number of nitrogens with two attached hydrogens (primary N) is 1. The van der Waals surface area contributed by atoms with E-state index in [1.54, 1.807) is 0 Å². The molecule has 160 valence electrons. The lowest BCUT2D eigenvalue weighted by Gasteiger charge is -2.24. The molecule has 0 amide bonds. The molecular formula is C24H26ClN5O. The van der Waals surface area contributed by atoms with Gasteiger partial charge in [-0.2, -0.15) is 5.10 Å². The molecule has 6 nitrogen and oxygen atoms in total. The number of nitrogen functional groups attached to an aromatic ring is 1. The molecule has 0 bridgehead atoms. The molecule has 1 aromatic heterocycles. The minimum absolute atomic E-state index is 0.516. The molecule has 3 heterocycles. The van der Waals surface area contributed by atoms with Crippen LogP contribution in [0.1, 0.15) is 17.5 Å². The van der Waals surface area contributed by atoms with Crippen LogP contribution in [-0.2, 0) is 11.3 Å². The third kappa shape index (κ3) is 4.40. The van der Waals surface area contributed by atoms with Crippen LogP contribution in [0.5, 0.6) is 0 Å². The van der Waals surface area contributed by atoms with E-state index in [-0.39, 0.29) is 0 Å². The van der Waals surface area contributed by atoms with E-state index in [0.29, 0.717) is 11.7 Å². The molecule has 2 aromatic carbocycles. The summed E-state index contributed by atoms with van der Waals surface area (Å²) in [7, 11) is 0. The average molecular weight is 436 g/mol. The van der Waals surface area contributed by atoms with Crippen molar-refractivity contribution in [3.63, 3.8) is 0 Å². The van der Waals surface area contributed by atoms with Crippen molar-refractivity contribution in [2.75, 3.05) is 37.4 Å². The maximum Gasteiger partial charge on any atom is 0.155 e. The Morgan fingerprint density at radius 1 is 1.29 bits per heavy atom. The molecule has 1 saturated heterocycles. The third-order valence-corrected chi connectivity index (χ3v) is 6.10. The van der Waals surface area contributed by atoms with Crippen molar-refractivity contribution >= 4 is 39.6 Å². The fourth-order valence-corrected chi connectivity index (χ4v) is 4.46. The highest BCUT2D eigenvalue weighted by Gasteiger charge is 2.18. The lowest BCUT2D eigenvalue weighted by molar-refractivity contribution is 0.187. The Kier molecular flexibility index (Phi) is 5.57. The number of hydrogen-bond acceptors (Lipinski definition) is 5. The van der Waals surface area contributed by atoms with Crippen molar-refractivity contribution in [2.24, 2.45) is 5.92 Å². The number of ether oxygens (including phenoxy) is 1. The molecule has 2 aliphatic rings. The molecule has 2 aliphatic heterocycles. The Hall–Kier alpha value is -2.96. The Bertz CT molecular complexity index is 1150. The van der Waals surface area contributed by atoms with Gasteiger partial charge in [-0.15, -0.1) is 0 Å². The molecule has 7 heteroatoms. The Balaban J connectivity index is 1.42. The highest BCUT2D eigenvalue weighted by molar-refractivity contribution is 6.30. The number of fused-ring (bicyclic) bond motifs is 1. The van der Waals surface area contributed by atoms with Gasteiger partial charge in [0.2, 0.25) is 0 Å². The van der Waals surface area contributed by atoms with Gasteiger partial charge in [0.1, 0.15) is 0 Å². The summed E-state index contributed by atoms with van der Waals surface area (Å²) in [4.78, 5) is 2.29. The van der Waals surface area contributed by atoms with E-state index in [2.05, 4.69) is 57.0 Å². The quantitative estimate of drug-likeness (QED) is 0.524. The van der Waals surface area contributed by atoms with E-state index >= 15 is 0 Å². The van der Waals surface area contributed by atoms with E-state index in [1.165, 1.54) is 5.56 Å². The number of nitrogens with one attached hydrogen (secondary N) is 2. The largest absolute Gasteiger partial charge is 0.384 e. The number of hydrogen-bond donors (Lipinski definition) is 3. The number of nitrogens with zero attached hydrogens (tertiary/aromatic N) is 2. The van der Waals surface area contributed by atoms with Gasteiger partial charge in [0, 0.05) is 49.1 Å². The summed E-state index contributed by atoms with van der Waals surface area (Å²) in [6, 6.07) is 12.3. The lowest BCUT2D eigenvalue weighted by Crippen LogP contribution is -2.19. The molecule has 1 fully saturated rings. The Morgan fingerprint density at radius 3 is 3.06 bits per heavy atom. The Morgan fingerprint density at radius 2 is 2.23 bits per heavy atom. The number of halogens is 1. The molecule has 0 aliphatic carbocycles. The monoisotopic (exact) mass is 435 g/mol. The number of aromatic nitrogens is 2. The van der Waals surface area contributed by atoms with Crippen molar-refractivity contribution in [3.8, 4) is 0 Å². The number of benzene rings is 2. The van der Waals surface area contributed by atoms with Crippen LogP contribution in [0, 0.1) is 5.92 Å². The molecule has 5 rings (SSSR count). The standard InChI is InChI=1S/C24H26ClN5O/c25-20-5-1-3-16(9-20)13-30-7-2-4-18(14-30)19-10-21(27-12-17-6-8-31-15-17)23-22(11-19)28-29-24(23)26/h1-5,9-11,14,17,27H,6-8,12-13,15H2,(H3,26,28,29). The first kappa shape index (κ1) is 20.0. The van der Waals surface area contributed by atoms with Crippen LogP contribution in [0.2, 0.25) is 5.02 Å². The predicted molar refractivity (Wildman–Crippen MR) is 127 cm³/mol. The number of allylic oxidation sites excluding steroid dienone is 2. The zero-order chi connectivity index (χ0) is 21.2. The third-order valence-electron chi connectivity index (χ3n) is 5.86. The maximum atomic E-state index is 6.16. The zero-order valence-corrected chi connectivity index (χ0v) is 18.0. The van der Waals surface area contributed by atoms with E-state index in [1.807, 2.05) is 18.2 Å². The van der Waals surface area contributed by atoms with Crippen LogP contribution >= 0.6 is 11.6 Å². The summed E-state index contributed by atoms with van der Waals surface area (Å²) in [5.74, 6) is 1.04. The van der Waals surface area contributed by atoms with Gasteiger partial charge < -0.3 is 20.7 Å². The van der Waals surface area contributed by atoms with Gasteiger partial charge in [-0.05, 0) is 47.4 Å². The first-order valence-corrected chi connectivity index (χ1v) is 11.0. The first-order valence-electron chi connectivity index (χ1n) is 10.6. The molecule has 31 heavy (non-hydrogen) atoms. The topological polar surface area (TPSA) is 79.2 Å². The minimum Gasteiger partial charge on any atom is -0.384 e. The molecule has 1 unspecified atom stereocenters. The normalized spacial score (nSPS) is 18.5. The fourth-order valence-electron chi connectivity index (χ4n) is 4.25. The smallest absolute Gasteiger partial charge is 0.155 e. The van der Waals surface area contributed by atoms with Gasteiger partial charge in [0.05, 0.1) is 17.5 Å². The number of H-pyrrole nitrogens is 1. The predicted octanol–water partition coefficient (Wildman–Crippen LogP) is 4.66. The molecule has 3 aromatic rings. The zero-order valence-electron chi connectivity index (χ0n) is 17.3. The van der Waals surface area contributed by atoms with Gasteiger partial charge >= 0.3 is 0 Å². The minimum atomic E-state index is 0.516. The van der Waals surface area contributed by atoms with E-state index < -0.39 is 0 Å². The summed E-state index contributed by atoms with van der Waals surface area (Å²) < 4.78 is 5.51. The van der Waals surface area contributed by atoms with Crippen LogP contribution in [0.3, 0.4) is 0 Å². The molecule has 0 spiro atoms. The first-order chi connectivity index (χ1) is 15.2. The second kappa shape index (κ2) is 8.65. The summed E-state index contributed by atoms with van der Waals surface area (Å²) in [6.07, 6.45) is 7.65. The van der Waals surface area contributed by atoms with E-state index in [9.17, 15) is 0 Å². The number of rotatable bonds is 6. The van der Waals surface area contributed by atoms with Crippen LogP contribution in [0.4, 0.5) is 11.5 Å². The van der Waals surface area contributed by atoms with E-state index in [0.717, 1.165) is 72.0 Å². The summed E-state index contributed by atoms with van der Waals surface area (Å²) in [5.41, 5.74) is 11.6.